The monoisotopic (exact) mass is 251 g/mol. The first kappa shape index (κ1) is 12.9. The van der Waals surface area contributed by atoms with E-state index in [1.807, 2.05) is 6.92 Å². The van der Waals surface area contributed by atoms with Gasteiger partial charge in [0.05, 0.1) is 6.61 Å². The molecule has 6 heteroatoms. The van der Waals surface area contributed by atoms with Gasteiger partial charge in [-0.25, -0.2) is 0 Å². The van der Waals surface area contributed by atoms with Gasteiger partial charge in [0.2, 0.25) is 11.9 Å². The molecule has 2 atom stereocenters. The van der Waals surface area contributed by atoms with Crippen molar-refractivity contribution in [3.05, 3.63) is 0 Å². The molecule has 1 fully saturated rings. The molecule has 0 aliphatic carbocycles. The summed E-state index contributed by atoms with van der Waals surface area (Å²) in [6.07, 6.45) is 2.30. The van der Waals surface area contributed by atoms with E-state index < -0.39 is 0 Å². The van der Waals surface area contributed by atoms with Crippen molar-refractivity contribution >= 4 is 11.9 Å². The van der Waals surface area contributed by atoms with Crippen LogP contribution < -0.4 is 15.4 Å². The lowest BCUT2D eigenvalue weighted by Gasteiger charge is -2.36. The van der Waals surface area contributed by atoms with E-state index >= 15 is 0 Å². The molecule has 0 saturated carbocycles. The van der Waals surface area contributed by atoms with Crippen molar-refractivity contribution in [2.45, 2.75) is 39.7 Å². The van der Waals surface area contributed by atoms with Crippen molar-refractivity contribution < 1.29 is 4.74 Å². The summed E-state index contributed by atoms with van der Waals surface area (Å²) in [6, 6.07) is 0.732. The van der Waals surface area contributed by atoms with E-state index in [0.717, 1.165) is 25.3 Å². The summed E-state index contributed by atoms with van der Waals surface area (Å²) in [5.41, 5.74) is 5.70. The van der Waals surface area contributed by atoms with Gasteiger partial charge < -0.3 is 15.4 Å². The number of piperidine rings is 1. The Balaban J connectivity index is 2.21. The zero-order chi connectivity index (χ0) is 13.1. The van der Waals surface area contributed by atoms with E-state index in [-0.39, 0.29) is 5.95 Å². The molecule has 0 spiro atoms. The molecular formula is C12H21N5O. The molecule has 1 saturated heterocycles. The largest absolute Gasteiger partial charge is 0.464 e. The molecule has 1 aliphatic rings. The Hall–Kier alpha value is -1.59. The molecule has 2 heterocycles. The van der Waals surface area contributed by atoms with Gasteiger partial charge >= 0.3 is 6.01 Å². The summed E-state index contributed by atoms with van der Waals surface area (Å²) in [5, 5.41) is 0. The Morgan fingerprint density at radius 2 is 2.11 bits per heavy atom. The van der Waals surface area contributed by atoms with Gasteiger partial charge in [-0.05, 0) is 32.6 Å². The number of anilines is 2. The second kappa shape index (κ2) is 5.37. The molecule has 0 aromatic carbocycles. The van der Waals surface area contributed by atoms with Crippen LogP contribution in [0.2, 0.25) is 0 Å². The van der Waals surface area contributed by atoms with Crippen LogP contribution in [0.5, 0.6) is 6.01 Å². The molecule has 0 radical (unpaired) electrons. The van der Waals surface area contributed by atoms with E-state index in [1.165, 1.54) is 0 Å². The van der Waals surface area contributed by atoms with Gasteiger partial charge in [-0.3, -0.25) is 0 Å². The third-order valence-corrected chi connectivity index (χ3v) is 3.29. The van der Waals surface area contributed by atoms with Gasteiger partial charge in [-0.15, -0.1) is 0 Å². The van der Waals surface area contributed by atoms with Crippen molar-refractivity contribution in [1.82, 2.24) is 15.0 Å². The molecule has 2 unspecified atom stereocenters. The fourth-order valence-corrected chi connectivity index (χ4v) is 2.39. The van der Waals surface area contributed by atoms with Crippen molar-refractivity contribution in [1.29, 1.82) is 0 Å². The molecule has 18 heavy (non-hydrogen) atoms. The van der Waals surface area contributed by atoms with Gasteiger partial charge in [0.25, 0.3) is 0 Å². The Morgan fingerprint density at radius 1 is 1.33 bits per heavy atom. The highest BCUT2D eigenvalue weighted by molar-refractivity contribution is 5.37. The average Bonchev–Trinajstić information content (AvgIpc) is 2.28. The zero-order valence-electron chi connectivity index (χ0n) is 11.3. The number of nitrogen functional groups attached to an aromatic ring is 1. The smallest absolute Gasteiger partial charge is 0.323 e. The van der Waals surface area contributed by atoms with Crippen molar-refractivity contribution in [2.24, 2.45) is 5.92 Å². The summed E-state index contributed by atoms with van der Waals surface area (Å²) in [4.78, 5) is 14.7. The predicted octanol–water partition coefficient (Wildman–Crippen LogP) is 1.48. The predicted molar refractivity (Wildman–Crippen MR) is 70.6 cm³/mol. The second-order valence-electron chi connectivity index (χ2n) is 4.88. The normalized spacial score (nSPS) is 24.1. The van der Waals surface area contributed by atoms with Crippen LogP contribution in [0.1, 0.15) is 33.6 Å². The van der Waals surface area contributed by atoms with Crippen LogP contribution in [0.25, 0.3) is 0 Å². The minimum atomic E-state index is 0.217. The van der Waals surface area contributed by atoms with E-state index in [2.05, 4.69) is 33.7 Å². The summed E-state index contributed by atoms with van der Waals surface area (Å²) in [6.45, 7) is 7.84. The fourth-order valence-electron chi connectivity index (χ4n) is 2.39. The van der Waals surface area contributed by atoms with Crippen LogP contribution >= 0.6 is 0 Å². The van der Waals surface area contributed by atoms with E-state index in [1.54, 1.807) is 0 Å². The van der Waals surface area contributed by atoms with E-state index in [4.69, 9.17) is 10.5 Å². The Bertz CT molecular complexity index is 411. The highest BCUT2D eigenvalue weighted by atomic mass is 16.5. The Labute approximate surface area is 108 Å². The zero-order valence-corrected chi connectivity index (χ0v) is 11.3. The summed E-state index contributed by atoms with van der Waals surface area (Å²) >= 11 is 0. The first-order valence-corrected chi connectivity index (χ1v) is 6.51. The minimum absolute atomic E-state index is 0.217. The molecular weight excluding hydrogens is 230 g/mol. The average molecular weight is 251 g/mol. The summed E-state index contributed by atoms with van der Waals surface area (Å²) in [5.74, 6) is 1.60. The van der Waals surface area contributed by atoms with Gasteiger partial charge in [-0.2, -0.15) is 15.0 Å². The molecule has 0 amide bonds. The van der Waals surface area contributed by atoms with Gasteiger partial charge in [0.15, 0.2) is 0 Å². The van der Waals surface area contributed by atoms with Crippen molar-refractivity contribution in [2.75, 3.05) is 23.8 Å². The maximum Gasteiger partial charge on any atom is 0.323 e. The number of hydrogen-bond acceptors (Lipinski definition) is 6. The number of rotatable bonds is 3. The first-order valence-electron chi connectivity index (χ1n) is 6.51. The lowest BCUT2D eigenvalue weighted by atomic mass is 9.94. The summed E-state index contributed by atoms with van der Waals surface area (Å²) in [7, 11) is 0. The maximum absolute atomic E-state index is 5.70. The van der Waals surface area contributed by atoms with Gasteiger partial charge in [-0.1, -0.05) is 6.92 Å². The molecule has 2 rings (SSSR count). The minimum Gasteiger partial charge on any atom is -0.464 e. The molecule has 2 N–H and O–H groups in total. The van der Waals surface area contributed by atoms with Crippen LogP contribution in [0.15, 0.2) is 0 Å². The van der Waals surface area contributed by atoms with Gasteiger partial charge in [0, 0.05) is 12.6 Å². The lowest BCUT2D eigenvalue weighted by molar-refractivity contribution is 0.310. The van der Waals surface area contributed by atoms with Crippen LogP contribution in [0, 0.1) is 5.92 Å². The topological polar surface area (TPSA) is 77.2 Å². The maximum atomic E-state index is 5.70. The van der Waals surface area contributed by atoms with Crippen LogP contribution in [-0.2, 0) is 0 Å². The number of nitrogens with zero attached hydrogens (tertiary/aromatic N) is 4. The summed E-state index contributed by atoms with van der Waals surface area (Å²) < 4.78 is 5.31. The highest BCUT2D eigenvalue weighted by Crippen LogP contribution is 2.26. The molecule has 0 bridgehead atoms. The molecule has 1 aromatic heterocycles. The van der Waals surface area contributed by atoms with Crippen molar-refractivity contribution in [3.8, 4) is 6.01 Å². The Morgan fingerprint density at radius 3 is 2.78 bits per heavy atom. The van der Waals surface area contributed by atoms with E-state index in [9.17, 15) is 0 Å². The fraction of sp³-hybridized carbons (Fsp3) is 0.750. The van der Waals surface area contributed by atoms with Gasteiger partial charge in [0.1, 0.15) is 0 Å². The van der Waals surface area contributed by atoms with Crippen LogP contribution in [0.3, 0.4) is 0 Å². The van der Waals surface area contributed by atoms with Crippen molar-refractivity contribution in [3.63, 3.8) is 0 Å². The van der Waals surface area contributed by atoms with E-state index in [0.29, 0.717) is 24.6 Å². The van der Waals surface area contributed by atoms with Crippen LogP contribution in [0.4, 0.5) is 11.9 Å². The third-order valence-electron chi connectivity index (χ3n) is 3.29. The number of hydrogen-bond donors (Lipinski definition) is 1. The second-order valence-corrected chi connectivity index (χ2v) is 4.88. The van der Waals surface area contributed by atoms with Crippen LogP contribution in [-0.4, -0.2) is 34.1 Å². The highest BCUT2D eigenvalue weighted by Gasteiger charge is 2.25. The molecule has 1 aromatic rings. The standard InChI is InChI=1S/C12H21N5O/c1-4-18-12-15-10(13)14-11(16-12)17-6-5-8(2)7-9(17)3/h8-9H,4-7H2,1-3H3,(H2,13,14,15,16). The third kappa shape index (κ3) is 2.80. The molecule has 1 aliphatic heterocycles. The number of ether oxygens (including phenoxy) is 1. The first-order chi connectivity index (χ1) is 8.60. The molecule has 100 valence electrons. The number of aromatic nitrogens is 3. The SMILES string of the molecule is CCOc1nc(N)nc(N2CCC(C)CC2C)n1. The lowest BCUT2D eigenvalue weighted by Crippen LogP contribution is -2.41. The molecule has 6 nitrogen and oxygen atoms in total. The number of nitrogens with two attached hydrogens (primary N) is 1. The quantitative estimate of drug-likeness (QED) is 0.876. The Kier molecular flexibility index (Phi) is 3.84.